The van der Waals surface area contributed by atoms with Crippen molar-refractivity contribution in [3.63, 3.8) is 0 Å². The molecule has 1 aliphatic carbocycles. The third-order valence-electron chi connectivity index (χ3n) is 2.95. The van der Waals surface area contributed by atoms with Gasteiger partial charge in [-0.3, -0.25) is 0 Å². The van der Waals surface area contributed by atoms with Gasteiger partial charge >= 0.3 is 12.1 Å². The average Bonchev–Trinajstić information content (AvgIpc) is 3.05. The van der Waals surface area contributed by atoms with Crippen molar-refractivity contribution < 1.29 is 27.3 Å². The first kappa shape index (κ1) is 16.4. The minimum atomic E-state index is -5.08. The molecule has 19 heavy (non-hydrogen) atoms. The van der Waals surface area contributed by atoms with E-state index in [0.29, 0.717) is 6.04 Å². The Labute approximate surface area is 112 Å². The number of hydrogen-bond donors (Lipinski definition) is 3. The molecule has 2 aliphatic rings. The summed E-state index contributed by atoms with van der Waals surface area (Å²) in [4.78, 5) is 8.90. The van der Waals surface area contributed by atoms with Crippen molar-refractivity contribution in [1.29, 1.82) is 0 Å². The molecule has 0 aromatic heterocycles. The fourth-order valence-corrected chi connectivity index (χ4v) is 2.09. The number of carbonyl (C=O) groups is 1. The van der Waals surface area contributed by atoms with Crippen molar-refractivity contribution in [1.82, 2.24) is 9.62 Å². The van der Waals surface area contributed by atoms with Gasteiger partial charge in [0.2, 0.25) is 0 Å². The second kappa shape index (κ2) is 7.20. The molecule has 5 nitrogen and oxygen atoms in total. The van der Waals surface area contributed by atoms with Gasteiger partial charge in [-0.25, -0.2) is 13.3 Å². The monoisotopic (exact) mass is 302 g/mol. The Morgan fingerprint density at radius 1 is 1.37 bits per heavy atom. The van der Waals surface area contributed by atoms with Crippen molar-refractivity contribution in [3.05, 3.63) is 0 Å². The number of nitrogens with one attached hydrogen (secondary N) is 1. The number of thiol groups is 1. The van der Waals surface area contributed by atoms with E-state index in [-0.39, 0.29) is 11.9 Å². The topological polar surface area (TPSA) is 69.6 Å². The first-order valence-electron chi connectivity index (χ1n) is 5.95. The van der Waals surface area contributed by atoms with Gasteiger partial charge in [0.25, 0.3) is 0 Å². The van der Waals surface area contributed by atoms with Gasteiger partial charge in [0.1, 0.15) is 0 Å². The van der Waals surface area contributed by atoms with Crippen LogP contribution in [0.5, 0.6) is 0 Å². The highest BCUT2D eigenvalue weighted by Crippen LogP contribution is 2.26. The molecule has 1 saturated heterocycles. The summed E-state index contributed by atoms with van der Waals surface area (Å²) in [6.07, 6.45) is -1.38. The summed E-state index contributed by atoms with van der Waals surface area (Å²) < 4.78 is 44.5. The second-order valence-electron chi connectivity index (χ2n) is 4.59. The Hall–Kier alpha value is -0.670. The Bertz CT molecular complexity index is 320. The Morgan fingerprint density at radius 2 is 1.89 bits per heavy atom. The highest BCUT2D eigenvalue weighted by Gasteiger charge is 2.38. The molecular formula is C10H17F3N2O3S. The van der Waals surface area contributed by atoms with E-state index in [9.17, 15) is 17.4 Å². The number of aliphatic carboxylic acids is 1. The predicted octanol–water partition coefficient (Wildman–Crippen LogP) is 0.554. The molecule has 0 radical (unpaired) electrons. The van der Waals surface area contributed by atoms with Crippen LogP contribution in [0.15, 0.2) is 0 Å². The van der Waals surface area contributed by atoms with E-state index in [1.54, 1.807) is 0 Å². The van der Waals surface area contributed by atoms with Crippen molar-refractivity contribution in [2.45, 2.75) is 31.5 Å². The number of hydrogen-bond acceptors (Lipinski definition) is 3. The number of nitrogens with zero attached hydrogens (tertiary/aromatic N) is 1. The molecule has 1 heterocycles. The van der Waals surface area contributed by atoms with E-state index in [1.165, 1.54) is 19.3 Å². The zero-order valence-electron chi connectivity index (χ0n) is 10.2. The quantitative estimate of drug-likeness (QED) is 0.649. The van der Waals surface area contributed by atoms with Crippen molar-refractivity contribution >= 4 is 17.8 Å². The molecule has 112 valence electrons. The lowest BCUT2D eigenvalue weighted by atomic mass is 10.00. The Morgan fingerprint density at radius 3 is 2.16 bits per heavy atom. The normalized spacial score (nSPS) is 19.6. The van der Waals surface area contributed by atoms with Gasteiger partial charge in [-0.15, -0.1) is 0 Å². The molecule has 0 aromatic rings. The minimum Gasteiger partial charge on any atom is -0.475 e. The van der Waals surface area contributed by atoms with E-state index < -0.39 is 12.1 Å². The molecule has 0 aromatic carbocycles. The highest BCUT2D eigenvalue weighted by molar-refractivity contribution is 7.63. The molecule has 9 heteroatoms. The van der Waals surface area contributed by atoms with Gasteiger partial charge in [0.05, 0.1) is 11.9 Å². The number of halogens is 3. The third kappa shape index (κ3) is 6.35. The lowest BCUT2D eigenvalue weighted by Gasteiger charge is -2.28. The van der Waals surface area contributed by atoms with Crippen LogP contribution in [-0.4, -0.2) is 51.4 Å². The van der Waals surface area contributed by atoms with Crippen LogP contribution < -0.4 is 5.32 Å². The SMILES string of the molecule is O=C(O)C(F)(F)F.O=[SH]N(CCC1CNC1)C1CC1. The van der Waals surface area contributed by atoms with Gasteiger partial charge < -0.3 is 10.4 Å². The maximum absolute atomic E-state index is 10.7. The van der Waals surface area contributed by atoms with Crippen LogP contribution in [0.1, 0.15) is 19.3 Å². The molecule has 2 fully saturated rings. The van der Waals surface area contributed by atoms with Gasteiger partial charge in [0, 0.05) is 12.6 Å². The predicted molar refractivity (Wildman–Crippen MR) is 63.9 cm³/mol. The first-order chi connectivity index (χ1) is 8.84. The highest BCUT2D eigenvalue weighted by atomic mass is 32.2. The Kier molecular flexibility index (Phi) is 6.21. The van der Waals surface area contributed by atoms with Crippen LogP contribution >= 0.6 is 0 Å². The number of rotatable bonds is 5. The largest absolute Gasteiger partial charge is 0.490 e. The van der Waals surface area contributed by atoms with E-state index in [1.807, 2.05) is 0 Å². The van der Waals surface area contributed by atoms with E-state index >= 15 is 0 Å². The van der Waals surface area contributed by atoms with Gasteiger partial charge in [0.15, 0.2) is 0 Å². The van der Waals surface area contributed by atoms with Gasteiger partial charge in [-0.1, -0.05) is 0 Å². The maximum Gasteiger partial charge on any atom is 0.490 e. The maximum atomic E-state index is 10.7. The zero-order chi connectivity index (χ0) is 14.5. The fraction of sp³-hybridized carbons (Fsp3) is 0.900. The molecule has 0 unspecified atom stereocenters. The molecule has 1 saturated carbocycles. The van der Waals surface area contributed by atoms with E-state index in [4.69, 9.17) is 9.90 Å². The summed E-state index contributed by atoms with van der Waals surface area (Å²) in [6, 6.07) is 0.636. The van der Waals surface area contributed by atoms with Crippen LogP contribution in [0.2, 0.25) is 0 Å². The molecule has 2 rings (SSSR count). The third-order valence-corrected chi connectivity index (χ3v) is 3.68. The second-order valence-corrected chi connectivity index (χ2v) is 5.27. The average molecular weight is 302 g/mol. The summed E-state index contributed by atoms with van der Waals surface area (Å²) in [6.45, 7) is 3.34. The lowest BCUT2D eigenvalue weighted by Crippen LogP contribution is -2.43. The van der Waals surface area contributed by atoms with Crippen LogP contribution in [0, 0.1) is 5.92 Å². The van der Waals surface area contributed by atoms with Crippen LogP contribution in [0.25, 0.3) is 0 Å². The molecule has 0 amide bonds. The lowest BCUT2D eigenvalue weighted by molar-refractivity contribution is -0.192. The van der Waals surface area contributed by atoms with Crippen LogP contribution in [0.4, 0.5) is 13.2 Å². The van der Waals surface area contributed by atoms with Gasteiger partial charge in [-0.2, -0.15) is 13.2 Å². The van der Waals surface area contributed by atoms with Crippen molar-refractivity contribution in [3.8, 4) is 0 Å². The van der Waals surface area contributed by atoms with E-state index in [2.05, 4.69) is 9.62 Å². The van der Waals surface area contributed by atoms with Crippen molar-refractivity contribution in [2.24, 2.45) is 5.92 Å². The smallest absolute Gasteiger partial charge is 0.475 e. The molecule has 0 bridgehead atoms. The summed E-state index contributed by atoms with van der Waals surface area (Å²) in [7, 11) is 0. The Balaban J connectivity index is 0.000000224. The number of carboxylic acids is 1. The molecule has 2 N–H and O–H groups in total. The first-order valence-corrected chi connectivity index (χ1v) is 6.72. The molecule has 0 spiro atoms. The standard InChI is InChI=1S/C8H16N2OS.C2HF3O2/c11-12-10(8-1-2-8)4-3-7-5-9-6-7;3-2(4,5)1(6)7/h7-9,12H,1-6H2;(H,6,7). The molecule has 0 atom stereocenters. The number of carboxylic acid groups (broad SMARTS) is 1. The van der Waals surface area contributed by atoms with E-state index in [0.717, 1.165) is 25.6 Å². The van der Waals surface area contributed by atoms with Crippen molar-refractivity contribution in [2.75, 3.05) is 19.6 Å². The summed E-state index contributed by atoms with van der Waals surface area (Å²) in [5, 5.41) is 10.4. The van der Waals surface area contributed by atoms with Gasteiger partial charge in [-0.05, 0) is 38.3 Å². The molecule has 1 aliphatic heterocycles. The van der Waals surface area contributed by atoms with Crippen LogP contribution in [-0.2, 0) is 16.6 Å². The number of alkyl halides is 3. The molecular weight excluding hydrogens is 285 g/mol. The summed E-state index contributed by atoms with van der Waals surface area (Å²) >= 11 is 0.230. The summed E-state index contributed by atoms with van der Waals surface area (Å²) in [5.41, 5.74) is 0. The zero-order valence-corrected chi connectivity index (χ0v) is 11.1. The fourth-order valence-electron chi connectivity index (χ4n) is 1.53. The summed E-state index contributed by atoms with van der Waals surface area (Å²) in [5.74, 6) is -1.92. The minimum absolute atomic E-state index is 0.230. The van der Waals surface area contributed by atoms with Crippen LogP contribution in [0.3, 0.4) is 0 Å².